The van der Waals surface area contributed by atoms with E-state index in [0.717, 1.165) is 65.6 Å². The molecule has 3 aromatic rings. The topological polar surface area (TPSA) is 120 Å². The molecule has 0 saturated carbocycles. The second-order valence-electron chi connectivity index (χ2n) is 10.8. The van der Waals surface area contributed by atoms with Crippen molar-refractivity contribution in [2.45, 2.75) is 78.7 Å². The SMILES string of the molecule is CC(C(=O)Nc1sc2c(c1C(N)=O)CCCC2)n1nnc2sc3c(c2c1=O)CCC(C(C)(C)C)C3. The second kappa shape index (κ2) is 8.81. The highest BCUT2D eigenvalue weighted by atomic mass is 32.1. The van der Waals surface area contributed by atoms with E-state index in [1.807, 2.05) is 0 Å². The van der Waals surface area contributed by atoms with Crippen LogP contribution in [0.2, 0.25) is 0 Å². The Kier molecular flexibility index (Phi) is 6.07. The summed E-state index contributed by atoms with van der Waals surface area (Å²) in [6.07, 6.45) is 6.53. The number of hydrogen-bond acceptors (Lipinski definition) is 7. The number of fused-ring (bicyclic) bond motifs is 4. The number of hydrogen-bond donors (Lipinski definition) is 2. The molecule has 0 aromatic carbocycles. The highest BCUT2D eigenvalue weighted by Crippen LogP contribution is 2.42. The Balaban J connectivity index is 1.45. The van der Waals surface area contributed by atoms with Crippen LogP contribution in [-0.2, 0) is 30.5 Å². The molecule has 3 heterocycles. The van der Waals surface area contributed by atoms with Crippen LogP contribution in [0.3, 0.4) is 0 Å². The number of nitrogens with one attached hydrogen (secondary N) is 1. The predicted octanol–water partition coefficient (Wildman–Crippen LogP) is 4.24. The largest absolute Gasteiger partial charge is 0.365 e. The number of carbonyl (C=O) groups is 2. The highest BCUT2D eigenvalue weighted by Gasteiger charge is 2.33. The Morgan fingerprint density at radius 2 is 1.86 bits per heavy atom. The molecule has 3 N–H and O–H groups in total. The average Bonchev–Trinajstić information content (AvgIpc) is 3.35. The van der Waals surface area contributed by atoms with Gasteiger partial charge in [-0.05, 0) is 74.3 Å². The molecule has 0 bridgehead atoms. The number of primary amides is 1. The maximum Gasteiger partial charge on any atom is 0.279 e. The first-order valence-electron chi connectivity index (χ1n) is 12.2. The van der Waals surface area contributed by atoms with Crippen LogP contribution >= 0.6 is 22.7 Å². The van der Waals surface area contributed by atoms with Crippen molar-refractivity contribution in [2.24, 2.45) is 17.1 Å². The van der Waals surface area contributed by atoms with E-state index in [2.05, 4.69) is 36.4 Å². The van der Waals surface area contributed by atoms with Crippen LogP contribution in [-0.4, -0.2) is 26.8 Å². The van der Waals surface area contributed by atoms with E-state index in [1.165, 1.54) is 16.2 Å². The van der Waals surface area contributed by atoms with Gasteiger partial charge in [0.15, 0.2) is 4.83 Å². The number of aromatic nitrogens is 3. The van der Waals surface area contributed by atoms with Crippen LogP contribution < -0.4 is 16.6 Å². The normalized spacial score (nSPS) is 18.7. The van der Waals surface area contributed by atoms with Crippen LogP contribution in [0.5, 0.6) is 0 Å². The van der Waals surface area contributed by atoms with Crippen LogP contribution in [0.4, 0.5) is 5.00 Å². The van der Waals surface area contributed by atoms with Crippen molar-refractivity contribution in [2.75, 3.05) is 5.32 Å². The lowest BCUT2D eigenvalue weighted by molar-refractivity contribution is -0.119. The third-order valence-corrected chi connectivity index (χ3v) is 9.87. The van der Waals surface area contributed by atoms with Crippen molar-refractivity contribution in [3.8, 4) is 0 Å². The Hall–Kier alpha value is -2.59. The zero-order valence-electron chi connectivity index (χ0n) is 20.6. The number of carbonyl (C=O) groups excluding carboxylic acids is 2. The van der Waals surface area contributed by atoms with Crippen molar-refractivity contribution in [3.63, 3.8) is 0 Å². The molecule has 2 aliphatic rings. The molecule has 2 unspecified atom stereocenters. The molecule has 35 heavy (non-hydrogen) atoms. The molecule has 2 aliphatic carbocycles. The van der Waals surface area contributed by atoms with Crippen molar-refractivity contribution >= 4 is 49.7 Å². The summed E-state index contributed by atoms with van der Waals surface area (Å²) < 4.78 is 1.16. The molecule has 3 aromatic heterocycles. The van der Waals surface area contributed by atoms with Crippen molar-refractivity contribution in [1.82, 2.24) is 15.0 Å². The first-order chi connectivity index (χ1) is 16.6. The molecule has 186 valence electrons. The number of thiophene rings is 2. The molecule has 2 amide bonds. The summed E-state index contributed by atoms with van der Waals surface area (Å²) in [5, 5.41) is 12.4. The number of anilines is 1. The van der Waals surface area contributed by atoms with Crippen LogP contribution in [0.25, 0.3) is 10.2 Å². The van der Waals surface area contributed by atoms with Gasteiger partial charge in [0.2, 0.25) is 5.91 Å². The van der Waals surface area contributed by atoms with Crippen molar-refractivity contribution < 1.29 is 9.59 Å². The monoisotopic (exact) mass is 513 g/mol. The molecular formula is C25H31N5O3S2. The minimum absolute atomic E-state index is 0.205. The van der Waals surface area contributed by atoms with E-state index in [4.69, 9.17) is 5.73 Å². The third-order valence-electron chi connectivity index (χ3n) is 7.53. The second-order valence-corrected chi connectivity index (χ2v) is 13.0. The van der Waals surface area contributed by atoms with Gasteiger partial charge in [0.1, 0.15) is 11.0 Å². The summed E-state index contributed by atoms with van der Waals surface area (Å²) in [6.45, 7) is 8.41. The summed E-state index contributed by atoms with van der Waals surface area (Å²) in [5.74, 6) is -0.401. The molecule has 0 spiro atoms. The van der Waals surface area contributed by atoms with Gasteiger partial charge in [0.05, 0.1) is 10.9 Å². The van der Waals surface area contributed by atoms with E-state index in [1.54, 1.807) is 18.3 Å². The Bertz CT molecular complexity index is 1390. The highest BCUT2D eigenvalue weighted by molar-refractivity contribution is 7.18. The van der Waals surface area contributed by atoms with Gasteiger partial charge < -0.3 is 11.1 Å². The summed E-state index contributed by atoms with van der Waals surface area (Å²) >= 11 is 2.95. The van der Waals surface area contributed by atoms with Gasteiger partial charge in [-0.3, -0.25) is 14.4 Å². The van der Waals surface area contributed by atoms with Gasteiger partial charge >= 0.3 is 0 Å². The fraction of sp³-hybridized carbons (Fsp3) is 0.560. The molecule has 0 aliphatic heterocycles. The number of amides is 2. The molecule has 5 rings (SSSR count). The lowest BCUT2D eigenvalue weighted by Crippen LogP contribution is -2.34. The fourth-order valence-electron chi connectivity index (χ4n) is 5.34. The first-order valence-corrected chi connectivity index (χ1v) is 13.8. The first kappa shape index (κ1) is 24.1. The quantitative estimate of drug-likeness (QED) is 0.541. The zero-order chi connectivity index (χ0) is 25.1. The maximum atomic E-state index is 13.5. The zero-order valence-corrected chi connectivity index (χ0v) is 22.2. The molecule has 10 heteroatoms. The summed E-state index contributed by atoms with van der Waals surface area (Å²) in [5.41, 5.74) is 8.00. The number of nitrogens with two attached hydrogens (primary N) is 1. The van der Waals surface area contributed by atoms with Crippen molar-refractivity contribution in [3.05, 3.63) is 36.8 Å². The number of rotatable bonds is 4. The molecule has 8 nitrogen and oxygen atoms in total. The Morgan fingerprint density at radius 3 is 2.57 bits per heavy atom. The molecule has 0 radical (unpaired) electrons. The fourth-order valence-corrected chi connectivity index (χ4v) is 7.87. The molecule has 0 saturated heterocycles. The summed E-state index contributed by atoms with van der Waals surface area (Å²) in [4.78, 5) is 41.8. The van der Waals surface area contributed by atoms with E-state index in [0.29, 0.717) is 26.7 Å². The van der Waals surface area contributed by atoms with Crippen LogP contribution in [0.15, 0.2) is 4.79 Å². The Morgan fingerprint density at radius 1 is 1.11 bits per heavy atom. The summed E-state index contributed by atoms with van der Waals surface area (Å²) in [6, 6.07) is -0.888. The van der Waals surface area contributed by atoms with Gasteiger partial charge in [0, 0.05) is 9.75 Å². The van der Waals surface area contributed by atoms with Gasteiger partial charge in [-0.1, -0.05) is 26.0 Å². The maximum absolute atomic E-state index is 13.5. The van der Waals surface area contributed by atoms with E-state index >= 15 is 0 Å². The average molecular weight is 514 g/mol. The van der Waals surface area contributed by atoms with Crippen LogP contribution in [0, 0.1) is 11.3 Å². The minimum Gasteiger partial charge on any atom is -0.365 e. The lowest BCUT2D eigenvalue weighted by Gasteiger charge is -2.33. The van der Waals surface area contributed by atoms with Gasteiger partial charge in [-0.25, -0.2) is 0 Å². The molecule has 0 fully saturated rings. The smallest absolute Gasteiger partial charge is 0.279 e. The van der Waals surface area contributed by atoms with Crippen LogP contribution in [0.1, 0.15) is 84.2 Å². The molecular weight excluding hydrogens is 482 g/mol. The lowest BCUT2D eigenvalue weighted by atomic mass is 9.72. The van der Waals surface area contributed by atoms with E-state index in [-0.39, 0.29) is 11.0 Å². The van der Waals surface area contributed by atoms with Gasteiger partial charge in [-0.2, -0.15) is 4.68 Å². The molecule has 2 atom stereocenters. The van der Waals surface area contributed by atoms with Gasteiger partial charge in [0.25, 0.3) is 11.5 Å². The number of aryl methyl sites for hydroxylation is 2. The predicted molar refractivity (Wildman–Crippen MR) is 139 cm³/mol. The van der Waals surface area contributed by atoms with E-state index < -0.39 is 17.9 Å². The summed E-state index contributed by atoms with van der Waals surface area (Å²) in [7, 11) is 0. The van der Waals surface area contributed by atoms with Crippen molar-refractivity contribution in [1.29, 1.82) is 0 Å². The third kappa shape index (κ3) is 4.20. The van der Waals surface area contributed by atoms with Gasteiger partial charge in [-0.15, -0.1) is 27.8 Å². The number of nitrogens with zero attached hydrogens (tertiary/aromatic N) is 3. The standard InChI is InChI=1S/C25H31N5O3S2/c1-12(21(32)27-22-18(20(26)31)14-7-5-6-8-16(14)34-22)30-24(33)19-15-10-9-13(25(2,3)4)11-17(15)35-23(19)28-29-30/h12-13H,5-11H2,1-4H3,(H2,26,31)(H,27,32). The van der Waals surface area contributed by atoms with E-state index in [9.17, 15) is 14.4 Å². The minimum atomic E-state index is -0.888. The Labute approximate surface area is 211 Å².